The molecule has 1 fully saturated rings. The highest BCUT2D eigenvalue weighted by molar-refractivity contribution is 5.15. The van der Waals surface area contributed by atoms with Crippen LogP contribution in [-0.4, -0.2) is 24.5 Å². The van der Waals surface area contributed by atoms with Gasteiger partial charge in [-0.1, -0.05) is 25.7 Å². The molecule has 0 spiro atoms. The monoisotopic (exact) mass is 179 g/mol. The van der Waals surface area contributed by atoms with Crippen LogP contribution < -0.4 is 0 Å². The maximum Gasteiger partial charge on any atom is 0.0227 e. The molecule has 1 nitrogen and oxygen atoms in total. The molecule has 0 aromatic carbocycles. The van der Waals surface area contributed by atoms with Gasteiger partial charge in [-0.05, 0) is 37.8 Å². The molecule has 0 aromatic heterocycles. The summed E-state index contributed by atoms with van der Waals surface area (Å²) in [6.07, 6.45) is 6.92. The molecule has 74 valence electrons. The van der Waals surface area contributed by atoms with E-state index in [1.807, 2.05) is 6.92 Å². The van der Waals surface area contributed by atoms with Gasteiger partial charge in [-0.3, -0.25) is 4.90 Å². The van der Waals surface area contributed by atoms with Gasteiger partial charge in [0.15, 0.2) is 0 Å². The van der Waals surface area contributed by atoms with Crippen molar-refractivity contribution < 1.29 is 0 Å². The van der Waals surface area contributed by atoms with E-state index in [1.165, 1.54) is 31.5 Å². The van der Waals surface area contributed by atoms with Crippen LogP contribution in [0.15, 0.2) is 24.3 Å². The van der Waals surface area contributed by atoms with Crippen LogP contribution >= 0.6 is 0 Å². The molecule has 1 heterocycles. The number of nitrogens with zero attached hydrogens (tertiary/aromatic N) is 1. The first kappa shape index (κ1) is 10.5. The van der Waals surface area contributed by atoms with Gasteiger partial charge in [-0.25, -0.2) is 0 Å². The minimum atomic E-state index is 0.868. The molecule has 0 radical (unpaired) electrons. The second kappa shape index (κ2) is 5.23. The molecular formula is C12H21N. The average Bonchev–Trinajstić information content (AvgIpc) is 2.04. The van der Waals surface area contributed by atoms with Gasteiger partial charge in [0.2, 0.25) is 0 Å². The van der Waals surface area contributed by atoms with E-state index < -0.39 is 0 Å². The molecule has 1 saturated heterocycles. The fourth-order valence-electron chi connectivity index (χ4n) is 2.01. The van der Waals surface area contributed by atoms with Gasteiger partial charge in [0.05, 0.1) is 0 Å². The molecule has 0 N–H and O–H groups in total. The predicted octanol–water partition coefficient (Wildman–Crippen LogP) is 2.85. The number of piperidine rings is 1. The Labute approximate surface area is 82.1 Å². The Bertz CT molecular complexity index is 193. The smallest absolute Gasteiger partial charge is 0.0227 e. The van der Waals surface area contributed by atoms with Crippen molar-refractivity contribution in [1.82, 2.24) is 4.90 Å². The Balaban J connectivity index is 2.31. The van der Waals surface area contributed by atoms with Gasteiger partial charge in [0.1, 0.15) is 0 Å². The van der Waals surface area contributed by atoms with E-state index in [-0.39, 0.29) is 0 Å². The number of likely N-dealkylation sites (tertiary alicyclic amines) is 1. The standard InChI is InChI=1S/C12H21N/c1-4-6-11(2)9-13-8-5-7-12(3)10-13/h4,6,12H,2,5,7-10H2,1,3H3/b6-4-. The van der Waals surface area contributed by atoms with Crippen LogP contribution in [0.2, 0.25) is 0 Å². The lowest BCUT2D eigenvalue weighted by Crippen LogP contribution is -2.35. The van der Waals surface area contributed by atoms with Crippen LogP contribution in [0, 0.1) is 5.92 Å². The topological polar surface area (TPSA) is 3.24 Å². The van der Waals surface area contributed by atoms with Gasteiger partial charge in [0, 0.05) is 13.1 Å². The molecular weight excluding hydrogens is 158 g/mol. The largest absolute Gasteiger partial charge is 0.299 e. The third kappa shape index (κ3) is 3.77. The predicted molar refractivity (Wildman–Crippen MR) is 58.8 cm³/mol. The first-order valence-electron chi connectivity index (χ1n) is 5.25. The van der Waals surface area contributed by atoms with Crippen molar-refractivity contribution in [2.75, 3.05) is 19.6 Å². The zero-order valence-corrected chi connectivity index (χ0v) is 8.92. The summed E-state index contributed by atoms with van der Waals surface area (Å²) in [5.74, 6) is 0.868. The van der Waals surface area contributed by atoms with Crippen molar-refractivity contribution in [1.29, 1.82) is 0 Å². The Hall–Kier alpha value is -0.560. The Kier molecular flexibility index (Phi) is 4.23. The first-order chi connectivity index (χ1) is 6.22. The highest BCUT2D eigenvalue weighted by atomic mass is 15.1. The number of hydrogen-bond acceptors (Lipinski definition) is 1. The summed E-state index contributed by atoms with van der Waals surface area (Å²) in [6.45, 7) is 12.0. The van der Waals surface area contributed by atoms with Crippen molar-refractivity contribution >= 4 is 0 Å². The summed E-state index contributed by atoms with van der Waals surface area (Å²) in [5.41, 5.74) is 1.23. The van der Waals surface area contributed by atoms with Gasteiger partial charge in [-0.15, -0.1) is 0 Å². The van der Waals surface area contributed by atoms with E-state index in [1.54, 1.807) is 0 Å². The lowest BCUT2D eigenvalue weighted by molar-refractivity contribution is 0.199. The summed E-state index contributed by atoms with van der Waals surface area (Å²) in [4.78, 5) is 2.51. The Morgan fingerprint density at radius 3 is 3.00 bits per heavy atom. The number of hydrogen-bond donors (Lipinski definition) is 0. The lowest BCUT2D eigenvalue weighted by Gasteiger charge is -2.30. The van der Waals surface area contributed by atoms with Crippen molar-refractivity contribution in [2.45, 2.75) is 26.7 Å². The van der Waals surface area contributed by atoms with Crippen LogP contribution in [0.25, 0.3) is 0 Å². The molecule has 1 aliphatic heterocycles. The highest BCUT2D eigenvalue weighted by Gasteiger charge is 2.15. The van der Waals surface area contributed by atoms with Crippen molar-refractivity contribution in [2.24, 2.45) is 5.92 Å². The third-order valence-electron chi connectivity index (χ3n) is 2.57. The quantitative estimate of drug-likeness (QED) is 0.602. The second-order valence-electron chi connectivity index (χ2n) is 4.14. The van der Waals surface area contributed by atoms with Crippen LogP contribution in [0.1, 0.15) is 26.7 Å². The van der Waals surface area contributed by atoms with Gasteiger partial charge < -0.3 is 0 Å². The van der Waals surface area contributed by atoms with Crippen molar-refractivity contribution in [3.63, 3.8) is 0 Å². The second-order valence-corrected chi connectivity index (χ2v) is 4.14. The van der Waals surface area contributed by atoms with Crippen molar-refractivity contribution in [3.8, 4) is 0 Å². The van der Waals surface area contributed by atoms with Crippen LogP contribution in [0.3, 0.4) is 0 Å². The first-order valence-corrected chi connectivity index (χ1v) is 5.25. The van der Waals surface area contributed by atoms with Gasteiger partial charge >= 0.3 is 0 Å². The molecule has 0 saturated carbocycles. The highest BCUT2D eigenvalue weighted by Crippen LogP contribution is 2.16. The number of allylic oxidation sites excluding steroid dienone is 1. The molecule has 13 heavy (non-hydrogen) atoms. The Morgan fingerprint density at radius 1 is 1.62 bits per heavy atom. The average molecular weight is 179 g/mol. The molecule has 0 amide bonds. The summed E-state index contributed by atoms with van der Waals surface area (Å²) >= 11 is 0. The zero-order valence-electron chi connectivity index (χ0n) is 8.92. The van der Waals surface area contributed by atoms with E-state index >= 15 is 0 Å². The molecule has 1 atom stereocenters. The minimum absolute atomic E-state index is 0.868. The SMILES string of the molecule is C=C(/C=C\C)CN1CCCC(C)C1. The maximum absolute atomic E-state index is 4.04. The fraction of sp³-hybridized carbons (Fsp3) is 0.667. The van der Waals surface area contributed by atoms with E-state index in [9.17, 15) is 0 Å². The summed E-state index contributed by atoms with van der Waals surface area (Å²) in [7, 11) is 0. The van der Waals surface area contributed by atoms with E-state index in [2.05, 4.69) is 30.6 Å². The fourth-order valence-corrected chi connectivity index (χ4v) is 2.01. The zero-order chi connectivity index (χ0) is 9.68. The maximum atomic E-state index is 4.04. The molecule has 0 bridgehead atoms. The summed E-state index contributed by atoms with van der Waals surface area (Å²) in [5, 5.41) is 0. The van der Waals surface area contributed by atoms with Crippen LogP contribution in [0.5, 0.6) is 0 Å². The van der Waals surface area contributed by atoms with Gasteiger partial charge in [-0.2, -0.15) is 0 Å². The van der Waals surface area contributed by atoms with Crippen molar-refractivity contribution in [3.05, 3.63) is 24.3 Å². The Morgan fingerprint density at radius 2 is 2.38 bits per heavy atom. The van der Waals surface area contributed by atoms with E-state index in [0.717, 1.165) is 12.5 Å². The lowest BCUT2D eigenvalue weighted by atomic mass is 10.00. The third-order valence-corrected chi connectivity index (χ3v) is 2.57. The molecule has 1 unspecified atom stereocenters. The molecule has 0 aromatic rings. The number of rotatable bonds is 3. The van der Waals surface area contributed by atoms with E-state index in [0.29, 0.717) is 0 Å². The van der Waals surface area contributed by atoms with Crippen LogP contribution in [-0.2, 0) is 0 Å². The van der Waals surface area contributed by atoms with Crippen LogP contribution in [0.4, 0.5) is 0 Å². The molecule has 1 rings (SSSR count). The molecule has 1 heteroatoms. The molecule has 0 aliphatic carbocycles. The van der Waals surface area contributed by atoms with E-state index in [4.69, 9.17) is 0 Å². The normalized spacial score (nSPS) is 25.2. The van der Waals surface area contributed by atoms with Gasteiger partial charge in [0.25, 0.3) is 0 Å². The summed E-state index contributed by atoms with van der Waals surface area (Å²) in [6, 6.07) is 0. The molecule has 1 aliphatic rings. The summed E-state index contributed by atoms with van der Waals surface area (Å²) < 4.78 is 0. The minimum Gasteiger partial charge on any atom is -0.299 e.